The van der Waals surface area contributed by atoms with E-state index in [1.54, 1.807) is 18.2 Å². The number of rotatable bonds is 1. The Kier molecular flexibility index (Phi) is 3.37. The summed E-state index contributed by atoms with van der Waals surface area (Å²) in [5, 5.41) is 0.472. The van der Waals surface area contributed by atoms with Crippen molar-refractivity contribution in [1.82, 2.24) is 9.88 Å². The number of nitrogens with zero attached hydrogens (tertiary/aromatic N) is 1. The van der Waals surface area contributed by atoms with Crippen molar-refractivity contribution in [3.05, 3.63) is 35.8 Å². The Balaban J connectivity index is 1.65. The van der Waals surface area contributed by atoms with Crippen LogP contribution >= 0.6 is 0 Å². The van der Waals surface area contributed by atoms with E-state index in [-0.39, 0.29) is 23.9 Å². The zero-order valence-electron chi connectivity index (χ0n) is 12.3. The maximum Gasteiger partial charge on any atom is 0.270 e. The Labute approximate surface area is 128 Å². The summed E-state index contributed by atoms with van der Waals surface area (Å²) in [4.78, 5) is 17.8. The third kappa shape index (κ3) is 2.20. The normalized spacial score (nSPS) is 25.2. The van der Waals surface area contributed by atoms with Crippen LogP contribution in [0.15, 0.2) is 24.3 Å². The molecular formula is C17H19FN2O2. The number of hydrogen-bond acceptors (Lipinski definition) is 2. The van der Waals surface area contributed by atoms with Crippen LogP contribution in [-0.2, 0) is 4.74 Å². The summed E-state index contributed by atoms with van der Waals surface area (Å²) < 4.78 is 19.6. The lowest BCUT2D eigenvalue weighted by Gasteiger charge is -2.43. The van der Waals surface area contributed by atoms with Crippen LogP contribution in [0.4, 0.5) is 4.39 Å². The van der Waals surface area contributed by atoms with Gasteiger partial charge in [-0.25, -0.2) is 4.39 Å². The molecule has 1 aliphatic heterocycles. The lowest BCUT2D eigenvalue weighted by atomic mass is 9.90. The third-order valence-electron chi connectivity index (χ3n) is 4.83. The standard InChI is InChI=1S/C17H19FN2O2/c18-12-4-3-5-13-11(12)10-14(19-13)17(21)20-8-9-22-16-7-2-1-6-15(16)20/h3-5,10,15-16,19H,1-2,6-9H2/t15-,16-/m0/s1. The molecule has 1 aliphatic carbocycles. The van der Waals surface area contributed by atoms with Gasteiger partial charge in [-0.1, -0.05) is 18.9 Å². The predicted octanol–water partition coefficient (Wildman–Crippen LogP) is 3.09. The van der Waals surface area contributed by atoms with Crippen molar-refractivity contribution in [2.75, 3.05) is 13.2 Å². The number of nitrogens with one attached hydrogen (secondary N) is 1. The summed E-state index contributed by atoms with van der Waals surface area (Å²) in [5.74, 6) is -0.346. The van der Waals surface area contributed by atoms with Gasteiger partial charge >= 0.3 is 0 Å². The van der Waals surface area contributed by atoms with Crippen LogP contribution in [0.5, 0.6) is 0 Å². The summed E-state index contributed by atoms with van der Waals surface area (Å²) in [6.45, 7) is 1.19. The molecule has 1 N–H and O–H groups in total. The summed E-state index contributed by atoms with van der Waals surface area (Å²) in [7, 11) is 0. The zero-order chi connectivity index (χ0) is 15.1. The molecule has 2 atom stereocenters. The molecule has 0 spiro atoms. The SMILES string of the molecule is O=C(c1cc2c(F)cccc2[nH]1)N1CCO[C@H]2CCCC[C@@H]21. The number of ether oxygens (including phenoxy) is 1. The van der Waals surface area contributed by atoms with E-state index in [0.717, 1.165) is 19.3 Å². The predicted molar refractivity (Wildman–Crippen MR) is 81.3 cm³/mol. The van der Waals surface area contributed by atoms with Crippen LogP contribution in [0.2, 0.25) is 0 Å². The van der Waals surface area contributed by atoms with Gasteiger partial charge in [0.1, 0.15) is 11.5 Å². The van der Waals surface area contributed by atoms with Gasteiger partial charge in [-0.3, -0.25) is 4.79 Å². The van der Waals surface area contributed by atoms with Crippen molar-refractivity contribution >= 4 is 16.8 Å². The fraction of sp³-hybridized carbons (Fsp3) is 0.471. The molecule has 0 bridgehead atoms. The van der Waals surface area contributed by atoms with E-state index in [0.29, 0.717) is 29.7 Å². The van der Waals surface area contributed by atoms with Crippen molar-refractivity contribution in [1.29, 1.82) is 0 Å². The molecule has 5 heteroatoms. The monoisotopic (exact) mass is 302 g/mol. The molecule has 2 aliphatic rings. The van der Waals surface area contributed by atoms with E-state index in [1.807, 2.05) is 4.90 Å². The lowest BCUT2D eigenvalue weighted by Crippen LogP contribution is -2.54. The molecular weight excluding hydrogens is 283 g/mol. The van der Waals surface area contributed by atoms with E-state index in [9.17, 15) is 9.18 Å². The molecule has 1 aromatic heterocycles. The summed E-state index contributed by atoms with van der Waals surface area (Å²) in [6.07, 6.45) is 4.48. The molecule has 22 heavy (non-hydrogen) atoms. The Morgan fingerprint density at radius 2 is 2.18 bits per heavy atom. The van der Waals surface area contributed by atoms with Gasteiger partial charge in [0.25, 0.3) is 5.91 Å². The molecule has 1 saturated carbocycles. The average molecular weight is 302 g/mol. The lowest BCUT2D eigenvalue weighted by molar-refractivity contribution is -0.0754. The van der Waals surface area contributed by atoms with Gasteiger partial charge in [0.15, 0.2) is 0 Å². The first kappa shape index (κ1) is 13.8. The quantitative estimate of drug-likeness (QED) is 0.880. The number of H-pyrrole nitrogens is 1. The molecule has 2 heterocycles. The largest absolute Gasteiger partial charge is 0.374 e. The first-order valence-electron chi connectivity index (χ1n) is 7.94. The average Bonchev–Trinajstić information content (AvgIpc) is 2.99. The first-order chi connectivity index (χ1) is 10.7. The van der Waals surface area contributed by atoms with Crippen molar-refractivity contribution in [3.8, 4) is 0 Å². The molecule has 0 radical (unpaired) electrons. The minimum atomic E-state index is -0.301. The second-order valence-corrected chi connectivity index (χ2v) is 6.14. The van der Waals surface area contributed by atoms with E-state index in [4.69, 9.17) is 4.74 Å². The Hall–Kier alpha value is -1.88. The summed E-state index contributed by atoms with van der Waals surface area (Å²) in [6, 6.07) is 6.63. The van der Waals surface area contributed by atoms with Gasteiger partial charge in [0, 0.05) is 17.4 Å². The fourth-order valence-electron chi connectivity index (χ4n) is 3.74. The number of benzene rings is 1. The minimum absolute atomic E-state index is 0.0456. The maximum atomic E-state index is 13.8. The Morgan fingerprint density at radius 3 is 3.05 bits per heavy atom. The van der Waals surface area contributed by atoms with Gasteiger partial charge in [-0.15, -0.1) is 0 Å². The van der Waals surface area contributed by atoms with Crippen LogP contribution < -0.4 is 0 Å². The van der Waals surface area contributed by atoms with Gasteiger partial charge in [-0.2, -0.15) is 0 Å². The summed E-state index contributed by atoms with van der Waals surface area (Å²) >= 11 is 0. The number of carbonyl (C=O) groups excluding carboxylic acids is 1. The molecule has 1 amide bonds. The molecule has 1 aromatic carbocycles. The number of carbonyl (C=O) groups is 1. The number of morpholine rings is 1. The second kappa shape index (κ2) is 5.39. The topological polar surface area (TPSA) is 45.3 Å². The van der Waals surface area contributed by atoms with Gasteiger partial charge in [-0.05, 0) is 31.0 Å². The van der Waals surface area contributed by atoms with E-state index < -0.39 is 0 Å². The molecule has 4 rings (SSSR count). The number of amides is 1. The molecule has 2 aromatic rings. The Bertz CT molecular complexity index is 710. The highest BCUT2D eigenvalue weighted by Crippen LogP contribution is 2.30. The molecule has 0 unspecified atom stereocenters. The molecule has 1 saturated heterocycles. The van der Waals surface area contributed by atoms with E-state index >= 15 is 0 Å². The highest BCUT2D eigenvalue weighted by molar-refractivity contribution is 5.98. The number of halogens is 1. The Morgan fingerprint density at radius 1 is 1.32 bits per heavy atom. The number of aromatic nitrogens is 1. The van der Waals surface area contributed by atoms with E-state index in [2.05, 4.69) is 4.98 Å². The van der Waals surface area contributed by atoms with Gasteiger partial charge in [0.05, 0.1) is 18.8 Å². The van der Waals surface area contributed by atoms with Gasteiger partial charge < -0.3 is 14.6 Å². The molecule has 116 valence electrons. The van der Waals surface area contributed by atoms with Crippen molar-refractivity contribution in [2.45, 2.75) is 37.8 Å². The van der Waals surface area contributed by atoms with Crippen molar-refractivity contribution < 1.29 is 13.9 Å². The second-order valence-electron chi connectivity index (χ2n) is 6.14. The fourth-order valence-corrected chi connectivity index (χ4v) is 3.74. The number of fused-ring (bicyclic) bond motifs is 2. The van der Waals surface area contributed by atoms with E-state index in [1.165, 1.54) is 12.5 Å². The number of hydrogen-bond donors (Lipinski definition) is 1. The third-order valence-corrected chi connectivity index (χ3v) is 4.83. The minimum Gasteiger partial charge on any atom is -0.374 e. The highest BCUT2D eigenvalue weighted by atomic mass is 19.1. The zero-order valence-corrected chi connectivity index (χ0v) is 12.3. The van der Waals surface area contributed by atoms with Crippen molar-refractivity contribution in [3.63, 3.8) is 0 Å². The van der Waals surface area contributed by atoms with Crippen molar-refractivity contribution in [2.24, 2.45) is 0 Å². The smallest absolute Gasteiger partial charge is 0.270 e. The molecule has 4 nitrogen and oxygen atoms in total. The van der Waals surface area contributed by atoms with Crippen LogP contribution in [0.3, 0.4) is 0 Å². The van der Waals surface area contributed by atoms with Crippen LogP contribution in [0, 0.1) is 5.82 Å². The van der Waals surface area contributed by atoms with Crippen LogP contribution in [0.25, 0.3) is 10.9 Å². The first-order valence-corrected chi connectivity index (χ1v) is 7.94. The van der Waals surface area contributed by atoms with Gasteiger partial charge in [0.2, 0.25) is 0 Å². The maximum absolute atomic E-state index is 13.8. The molecule has 2 fully saturated rings. The van der Waals surface area contributed by atoms with Crippen LogP contribution in [0.1, 0.15) is 36.2 Å². The van der Waals surface area contributed by atoms with Crippen LogP contribution in [-0.4, -0.2) is 41.1 Å². The highest BCUT2D eigenvalue weighted by Gasteiger charge is 2.37. The summed E-state index contributed by atoms with van der Waals surface area (Å²) in [5.41, 5.74) is 1.13. The number of aromatic amines is 1.